The zero-order valence-corrected chi connectivity index (χ0v) is 11.5. The van der Waals surface area contributed by atoms with E-state index in [1.807, 2.05) is 18.2 Å². The summed E-state index contributed by atoms with van der Waals surface area (Å²) in [5, 5.41) is 0.696. The molecule has 0 aliphatic heterocycles. The minimum absolute atomic E-state index is 0.382. The summed E-state index contributed by atoms with van der Waals surface area (Å²) in [6, 6.07) is 6.00. The number of nitrogen functional groups attached to an aromatic ring is 1. The lowest BCUT2D eigenvalue weighted by atomic mass is 10.1. The molecule has 96 valence electrons. The highest BCUT2D eigenvalue weighted by atomic mass is 35.5. The molecule has 1 rings (SSSR count). The molecule has 0 radical (unpaired) electrons. The second-order valence-corrected chi connectivity index (χ2v) is 4.53. The van der Waals surface area contributed by atoms with Crippen molar-refractivity contribution < 1.29 is 4.74 Å². The van der Waals surface area contributed by atoms with E-state index < -0.39 is 0 Å². The van der Waals surface area contributed by atoms with E-state index in [0.717, 1.165) is 18.7 Å². The first-order chi connectivity index (χ1) is 8.11. The molecule has 17 heavy (non-hydrogen) atoms. The van der Waals surface area contributed by atoms with Crippen molar-refractivity contribution in [3.8, 4) is 0 Å². The molecule has 0 saturated carbocycles. The Morgan fingerprint density at radius 3 is 2.71 bits per heavy atom. The first kappa shape index (κ1) is 14.1. The van der Waals surface area contributed by atoms with Gasteiger partial charge in [0.15, 0.2) is 0 Å². The maximum absolute atomic E-state index is 6.24. The zero-order chi connectivity index (χ0) is 12.8. The van der Waals surface area contributed by atoms with Gasteiger partial charge in [0.2, 0.25) is 0 Å². The van der Waals surface area contributed by atoms with Crippen LogP contribution in [0.2, 0.25) is 5.02 Å². The predicted molar refractivity (Wildman–Crippen MR) is 74.8 cm³/mol. The second kappa shape index (κ2) is 6.72. The van der Waals surface area contributed by atoms with Gasteiger partial charge >= 0.3 is 0 Å². The van der Waals surface area contributed by atoms with E-state index >= 15 is 0 Å². The highest BCUT2D eigenvalue weighted by molar-refractivity contribution is 6.34. The fourth-order valence-corrected chi connectivity index (χ4v) is 2.09. The van der Waals surface area contributed by atoms with Gasteiger partial charge in [0.1, 0.15) is 0 Å². The SMILES string of the molecule is CCC(C)N(CCOC)c1c(N)cccc1Cl. The van der Waals surface area contributed by atoms with Crippen molar-refractivity contribution in [1.29, 1.82) is 0 Å². The minimum atomic E-state index is 0.382. The Balaban J connectivity index is 3.03. The molecule has 0 aromatic heterocycles. The molecule has 0 aliphatic carbocycles. The molecule has 0 heterocycles. The normalized spacial score (nSPS) is 12.5. The van der Waals surface area contributed by atoms with Crippen LogP contribution in [0.4, 0.5) is 11.4 Å². The van der Waals surface area contributed by atoms with E-state index in [1.165, 1.54) is 0 Å². The van der Waals surface area contributed by atoms with Crippen LogP contribution in [0.1, 0.15) is 20.3 Å². The predicted octanol–water partition coefficient (Wildman–Crippen LogP) is 3.17. The topological polar surface area (TPSA) is 38.5 Å². The molecular weight excluding hydrogens is 236 g/mol. The molecule has 4 heteroatoms. The Bertz CT molecular complexity index is 337. The van der Waals surface area contributed by atoms with Crippen LogP contribution in [0.15, 0.2) is 18.2 Å². The third-order valence-electron chi connectivity index (χ3n) is 2.96. The van der Waals surface area contributed by atoms with Crippen molar-refractivity contribution in [3.63, 3.8) is 0 Å². The first-order valence-corrected chi connectivity index (χ1v) is 6.29. The summed E-state index contributed by atoms with van der Waals surface area (Å²) in [5.74, 6) is 0. The number of hydrogen-bond acceptors (Lipinski definition) is 3. The number of nitrogens with zero attached hydrogens (tertiary/aromatic N) is 1. The molecule has 0 fully saturated rings. The van der Waals surface area contributed by atoms with Crippen LogP contribution in [-0.2, 0) is 4.74 Å². The highest BCUT2D eigenvalue weighted by Crippen LogP contribution is 2.33. The molecule has 1 aromatic rings. The number of rotatable bonds is 6. The van der Waals surface area contributed by atoms with Crippen molar-refractivity contribution in [2.24, 2.45) is 0 Å². The van der Waals surface area contributed by atoms with Crippen molar-refractivity contribution in [1.82, 2.24) is 0 Å². The standard InChI is InChI=1S/C13H21ClN2O/c1-4-10(2)16(8-9-17-3)13-11(14)6-5-7-12(13)15/h5-7,10H,4,8-9,15H2,1-3H3. The van der Waals surface area contributed by atoms with Gasteiger partial charge in [-0.25, -0.2) is 0 Å². The van der Waals surface area contributed by atoms with E-state index in [0.29, 0.717) is 23.4 Å². The number of halogens is 1. The van der Waals surface area contributed by atoms with Gasteiger partial charge in [0.05, 0.1) is 23.0 Å². The number of hydrogen-bond donors (Lipinski definition) is 1. The van der Waals surface area contributed by atoms with Gasteiger partial charge in [0, 0.05) is 19.7 Å². The van der Waals surface area contributed by atoms with Crippen molar-refractivity contribution in [2.75, 3.05) is 30.9 Å². The lowest BCUT2D eigenvalue weighted by molar-refractivity contribution is 0.203. The molecular formula is C13H21ClN2O. The van der Waals surface area contributed by atoms with Crippen LogP contribution in [-0.4, -0.2) is 26.3 Å². The van der Waals surface area contributed by atoms with Gasteiger partial charge in [-0.2, -0.15) is 0 Å². The maximum Gasteiger partial charge on any atom is 0.0792 e. The molecule has 0 saturated heterocycles. The summed E-state index contributed by atoms with van der Waals surface area (Å²) in [7, 11) is 1.70. The van der Waals surface area contributed by atoms with E-state index in [-0.39, 0.29) is 0 Å². The van der Waals surface area contributed by atoms with Crippen molar-refractivity contribution in [2.45, 2.75) is 26.3 Å². The Labute approximate surface area is 109 Å². The number of methoxy groups -OCH3 is 1. The molecule has 0 bridgehead atoms. The van der Waals surface area contributed by atoms with Crippen LogP contribution in [0.25, 0.3) is 0 Å². The molecule has 1 aromatic carbocycles. The lowest BCUT2D eigenvalue weighted by Crippen LogP contribution is -2.36. The largest absolute Gasteiger partial charge is 0.397 e. The van der Waals surface area contributed by atoms with Crippen LogP contribution >= 0.6 is 11.6 Å². The Morgan fingerprint density at radius 2 is 2.18 bits per heavy atom. The van der Waals surface area contributed by atoms with Gasteiger partial charge in [-0.1, -0.05) is 24.6 Å². The average Bonchev–Trinajstić information content (AvgIpc) is 2.32. The lowest BCUT2D eigenvalue weighted by Gasteiger charge is -2.32. The minimum Gasteiger partial charge on any atom is -0.397 e. The summed E-state index contributed by atoms with van der Waals surface area (Å²) in [5.41, 5.74) is 7.65. The average molecular weight is 257 g/mol. The van der Waals surface area contributed by atoms with Crippen molar-refractivity contribution >= 4 is 23.0 Å². The number of nitrogens with two attached hydrogens (primary N) is 1. The Morgan fingerprint density at radius 1 is 1.47 bits per heavy atom. The number of benzene rings is 1. The van der Waals surface area contributed by atoms with Gasteiger partial charge in [0.25, 0.3) is 0 Å². The molecule has 2 N–H and O–H groups in total. The highest BCUT2D eigenvalue weighted by Gasteiger charge is 2.17. The third kappa shape index (κ3) is 3.51. The number of ether oxygens (including phenoxy) is 1. The second-order valence-electron chi connectivity index (χ2n) is 4.12. The first-order valence-electron chi connectivity index (χ1n) is 5.91. The van der Waals surface area contributed by atoms with Gasteiger partial charge < -0.3 is 15.4 Å². The fourth-order valence-electron chi connectivity index (χ4n) is 1.80. The number of para-hydroxylation sites is 1. The van der Waals surface area contributed by atoms with Gasteiger partial charge in [-0.3, -0.25) is 0 Å². The molecule has 1 unspecified atom stereocenters. The quantitative estimate of drug-likeness (QED) is 0.795. The van der Waals surface area contributed by atoms with Crippen molar-refractivity contribution in [3.05, 3.63) is 23.2 Å². The van der Waals surface area contributed by atoms with Gasteiger partial charge in [-0.15, -0.1) is 0 Å². The number of anilines is 2. The van der Waals surface area contributed by atoms with E-state index in [4.69, 9.17) is 22.1 Å². The van der Waals surface area contributed by atoms with Crippen LogP contribution in [0.3, 0.4) is 0 Å². The summed E-state index contributed by atoms with van der Waals surface area (Å²) in [6.45, 7) is 5.77. The summed E-state index contributed by atoms with van der Waals surface area (Å²) in [4.78, 5) is 2.21. The zero-order valence-electron chi connectivity index (χ0n) is 10.7. The fraction of sp³-hybridized carbons (Fsp3) is 0.538. The van der Waals surface area contributed by atoms with E-state index in [1.54, 1.807) is 7.11 Å². The van der Waals surface area contributed by atoms with Crippen LogP contribution in [0.5, 0.6) is 0 Å². The third-order valence-corrected chi connectivity index (χ3v) is 3.27. The molecule has 0 amide bonds. The molecule has 0 spiro atoms. The van der Waals surface area contributed by atoms with Crippen LogP contribution < -0.4 is 10.6 Å². The smallest absolute Gasteiger partial charge is 0.0792 e. The monoisotopic (exact) mass is 256 g/mol. The summed E-state index contributed by atoms with van der Waals surface area (Å²) < 4.78 is 5.14. The van der Waals surface area contributed by atoms with E-state index in [2.05, 4.69) is 18.7 Å². The molecule has 1 atom stereocenters. The molecule has 0 aliphatic rings. The van der Waals surface area contributed by atoms with E-state index in [9.17, 15) is 0 Å². The Hall–Kier alpha value is -0.930. The van der Waals surface area contributed by atoms with Gasteiger partial charge in [-0.05, 0) is 25.5 Å². The summed E-state index contributed by atoms with van der Waals surface area (Å²) in [6.07, 6.45) is 1.04. The summed E-state index contributed by atoms with van der Waals surface area (Å²) >= 11 is 6.24. The van der Waals surface area contributed by atoms with Crippen LogP contribution in [0, 0.1) is 0 Å². The molecule has 3 nitrogen and oxygen atoms in total. The Kier molecular flexibility index (Phi) is 5.59. The maximum atomic E-state index is 6.24.